The maximum atomic E-state index is 13.5. The summed E-state index contributed by atoms with van der Waals surface area (Å²) in [4.78, 5) is 23.2. The molecule has 1 rings (SSSR count). The van der Waals surface area contributed by atoms with Gasteiger partial charge >= 0.3 is 5.97 Å². The molecule has 21 heavy (non-hydrogen) atoms. The highest BCUT2D eigenvalue weighted by atomic mass is 19.2. The van der Waals surface area contributed by atoms with Gasteiger partial charge in [-0.1, -0.05) is 12.1 Å². The number of carbonyl (C=O) groups is 2. The molecular formula is C15H19F2NO3. The Morgan fingerprint density at radius 1 is 1.19 bits per heavy atom. The Morgan fingerprint density at radius 2 is 1.76 bits per heavy atom. The average Bonchev–Trinajstić information content (AvgIpc) is 2.33. The molecule has 0 heterocycles. The molecule has 4 nitrogen and oxygen atoms in total. The summed E-state index contributed by atoms with van der Waals surface area (Å²) in [6, 6.07) is 3.59. The molecule has 1 amide bonds. The number of aliphatic carboxylic acids is 1. The Hall–Kier alpha value is -1.98. The van der Waals surface area contributed by atoms with Crippen LogP contribution >= 0.6 is 0 Å². The topological polar surface area (TPSA) is 66.4 Å². The Morgan fingerprint density at radius 3 is 2.29 bits per heavy atom. The van der Waals surface area contributed by atoms with Gasteiger partial charge in [-0.25, -0.2) is 8.78 Å². The van der Waals surface area contributed by atoms with E-state index in [1.54, 1.807) is 13.8 Å². The zero-order chi connectivity index (χ0) is 16.4. The maximum absolute atomic E-state index is 13.5. The van der Waals surface area contributed by atoms with E-state index in [4.69, 9.17) is 0 Å². The number of carboxylic acid groups (broad SMARTS) is 1. The van der Waals surface area contributed by atoms with Crippen molar-refractivity contribution < 1.29 is 23.5 Å². The van der Waals surface area contributed by atoms with E-state index in [9.17, 15) is 23.5 Å². The number of hydrogen-bond acceptors (Lipinski definition) is 2. The summed E-state index contributed by atoms with van der Waals surface area (Å²) in [7, 11) is 0. The molecular weight excluding hydrogens is 280 g/mol. The number of carbonyl (C=O) groups excluding carboxylic acids is 1. The zero-order valence-corrected chi connectivity index (χ0v) is 12.5. The quantitative estimate of drug-likeness (QED) is 0.878. The van der Waals surface area contributed by atoms with Gasteiger partial charge in [0.25, 0.3) is 0 Å². The van der Waals surface area contributed by atoms with Crippen LogP contribution in [0.5, 0.6) is 0 Å². The summed E-state index contributed by atoms with van der Waals surface area (Å²) < 4.78 is 26.6. The molecule has 1 aromatic carbocycles. The summed E-state index contributed by atoms with van der Waals surface area (Å²) >= 11 is 0. The average molecular weight is 299 g/mol. The lowest BCUT2D eigenvalue weighted by Gasteiger charge is -2.38. The molecule has 116 valence electrons. The summed E-state index contributed by atoms with van der Waals surface area (Å²) in [5.41, 5.74) is -2.35. The maximum Gasteiger partial charge on any atom is 0.311 e. The lowest BCUT2D eigenvalue weighted by atomic mass is 9.74. The van der Waals surface area contributed by atoms with Crippen molar-refractivity contribution in [3.63, 3.8) is 0 Å². The molecule has 0 bridgehead atoms. The van der Waals surface area contributed by atoms with Crippen molar-refractivity contribution in [3.05, 3.63) is 35.4 Å². The smallest absolute Gasteiger partial charge is 0.311 e. The lowest BCUT2D eigenvalue weighted by Crippen LogP contribution is -2.57. The molecule has 6 heteroatoms. The van der Waals surface area contributed by atoms with Crippen LogP contribution in [-0.4, -0.2) is 22.5 Å². The van der Waals surface area contributed by atoms with Crippen LogP contribution in [0.2, 0.25) is 0 Å². The predicted octanol–water partition coefficient (Wildman–Crippen LogP) is 2.51. The monoisotopic (exact) mass is 299 g/mol. The number of carboxylic acids is 1. The largest absolute Gasteiger partial charge is 0.481 e. The molecule has 0 aliphatic carbocycles. The fraction of sp³-hybridized carbons (Fsp3) is 0.467. The molecule has 0 aromatic heterocycles. The number of rotatable bonds is 5. The van der Waals surface area contributed by atoms with Crippen LogP contribution in [0.1, 0.15) is 33.3 Å². The van der Waals surface area contributed by atoms with Gasteiger partial charge in [0.1, 0.15) is 0 Å². The number of nitrogens with one attached hydrogen (secondary N) is 1. The van der Waals surface area contributed by atoms with Crippen molar-refractivity contribution in [2.24, 2.45) is 5.41 Å². The van der Waals surface area contributed by atoms with Gasteiger partial charge in [0.15, 0.2) is 11.6 Å². The molecule has 0 aliphatic heterocycles. The molecule has 0 unspecified atom stereocenters. The number of halogens is 2. The van der Waals surface area contributed by atoms with Crippen molar-refractivity contribution in [1.82, 2.24) is 5.32 Å². The van der Waals surface area contributed by atoms with E-state index in [0.29, 0.717) is 0 Å². The highest BCUT2D eigenvalue weighted by Crippen LogP contribution is 2.30. The highest BCUT2D eigenvalue weighted by Gasteiger charge is 2.44. The number of amides is 1. The molecule has 2 N–H and O–H groups in total. The van der Waals surface area contributed by atoms with Gasteiger partial charge in [-0.3, -0.25) is 9.59 Å². The van der Waals surface area contributed by atoms with E-state index < -0.39 is 34.5 Å². The molecule has 1 aromatic rings. The minimum Gasteiger partial charge on any atom is -0.481 e. The summed E-state index contributed by atoms with van der Waals surface area (Å²) in [5.74, 6) is -3.73. The van der Waals surface area contributed by atoms with Gasteiger partial charge in [0.2, 0.25) is 5.91 Å². The first kappa shape index (κ1) is 17.1. The second-order valence-corrected chi connectivity index (χ2v) is 5.99. The van der Waals surface area contributed by atoms with Crippen molar-refractivity contribution in [2.45, 2.75) is 39.7 Å². The minimum absolute atomic E-state index is 0.0727. The lowest BCUT2D eigenvalue weighted by molar-refractivity contribution is -0.151. The van der Waals surface area contributed by atoms with E-state index >= 15 is 0 Å². The van der Waals surface area contributed by atoms with Crippen molar-refractivity contribution in [2.75, 3.05) is 0 Å². The van der Waals surface area contributed by atoms with Gasteiger partial charge < -0.3 is 10.4 Å². The first-order chi connectivity index (χ1) is 9.49. The second kappa shape index (κ2) is 5.79. The Kier molecular flexibility index (Phi) is 4.71. The van der Waals surface area contributed by atoms with Gasteiger partial charge in [-0.15, -0.1) is 0 Å². The van der Waals surface area contributed by atoms with Crippen molar-refractivity contribution in [1.29, 1.82) is 0 Å². The van der Waals surface area contributed by atoms with Crippen LogP contribution in [0.25, 0.3) is 0 Å². The van der Waals surface area contributed by atoms with E-state index in [2.05, 4.69) is 5.32 Å². The predicted molar refractivity (Wildman–Crippen MR) is 73.7 cm³/mol. The van der Waals surface area contributed by atoms with Gasteiger partial charge in [0.05, 0.1) is 11.8 Å². The fourth-order valence-corrected chi connectivity index (χ4v) is 1.67. The zero-order valence-electron chi connectivity index (χ0n) is 12.5. The molecule has 0 spiro atoms. The number of hydrogen-bond donors (Lipinski definition) is 2. The van der Waals surface area contributed by atoms with Crippen LogP contribution in [0.3, 0.4) is 0 Å². The van der Waals surface area contributed by atoms with Gasteiger partial charge in [-0.2, -0.15) is 0 Å². The van der Waals surface area contributed by atoms with E-state index in [1.165, 1.54) is 26.0 Å². The third kappa shape index (κ3) is 3.56. The van der Waals surface area contributed by atoms with E-state index in [-0.39, 0.29) is 12.0 Å². The highest BCUT2D eigenvalue weighted by molar-refractivity contribution is 5.82. The Balaban J connectivity index is 2.87. The first-order valence-electron chi connectivity index (χ1n) is 6.46. The molecule has 0 saturated heterocycles. The number of benzene rings is 1. The Labute approximate surface area is 122 Å². The summed E-state index contributed by atoms with van der Waals surface area (Å²) in [6.45, 7) is 6.11. The standard InChI is InChI=1S/C15H19F2NO3/c1-14(2,13(20)21)15(3,4)18-11(19)8-9-6-5-7-10(16)12(9)17/h5-7H,8H2,1-4H3,(H,18,19)(H,20,21). The third-order valence-corrected chi connectivity index (χ3v) is 3.93. The Bertz CT molecular complexity index is 568. The molecule has 0 atom stereocenters. The van der Waals surface area contributed by atoms with E-state index in [0.717, 1.165) is 6.07 Å². The van der Waals surface area contributed by atoms with Crippen molar-refractivity contribution >= 4 is 11.9 Å². The van der Waals surface area contributed by atoms with Crippen LogP contribution < -0.4 is 5.32 Å². The minimum atomic E-state index is -1.22. The van der Waals surface area contributed by atoms with Crippen LogP contribution in [0.15, 0.2) is 18.2 Å². The summed E-state index contributed by atoms with van der Waals surface area (Å²) in [5, 5.41) is 11.8. The van der Waals surface area contributed by atoms with Crippen LogP contribution in [-0.2, 0) is 16.0 Å². The molecule has 0 radical (unpaired) electrons. The first-order valence-corrected chi connectivity index (χ1v) is 6.46. The molecule has 0 aliphatic rings. The second-order valence-electron chi connectivity index (χ2n) is 5.99. The summed E-state index contributed by atoms with van der Waals surface area (Å²) in [6.07, 6.45) is -0.358. The fourth-order valence-electron chi connectivity index (χ4n) is 1.67. The van der Waals surface area contributed by atoms with Crippen LogP contribution in [0, 0.1) is 17.0 Å². The van der Waals surface area contributed by atoms with Gasteiger partial charge in [0, 0.05) is 11.1 Å². The van der Waals surface area contributed by atoms with Crippen molar-refractivity contribution in [3.8, 4) is 0 Å². The SMILES string of the molecule is CC(C)(NC(=O)Cc1cccc(F)c1F)C(C)(C)C(=O)O. The molecule has 0 fully saturated rings. The van der Waals surface area contributed by atoms with Gasteiger partial charge in [-0.05, 0) is 33.8 Å². The normalized spacial score (nSPS) is 12.1. The van der Waals surface area contributed by atoms with Crippen LogP contribution in [0.4, 0.5) is 8.78 Å². The van der Waals surface area contributed by atoms with E-state index in [1.807, 2.05) is 0 Å². The third-order valence-electron chi connectivity index (χ3n) is 3.93. The molecule has 0 saturated carbocycles.